The summed E-state index contributed by atoms with van der Waals surface area (Å²) in [6.07, 6.45) is 1.56. The Morgan fingerprint density at radius 2 is 1.36 bits per heavy atom. The fraction of sp³-hybridized carbons (Fsp3) is 0.273. The summed E-state index contributed by atoms with van der Waals surface area (Å²) in [5.74, 6) is -0.503. The van der Waals surface area contributed by atoms with Gasteiger partial charge in [-0.3, -0.25) is 4.79 Å². The second-order valence-electron chi connectivity index (χ2n) is 6.27. The van der Waals surface area contributed by atoms with E-state index in [1.165, 1.54) is 4.90 Å². The molecule has 146 valence electrons. The van der Waals surface area contributed by atoms with Crippen LogP contribution >= 0.6 is 0 Å². The molecule has 0 unspecified atom stereocenters. The zero-order valence-corrected chi connectivity index (χ0v) is 15.7. The highest BCUT2D eigenvalue weighted by molar-refractivity contribution is 5.97. The van der Waals surface area contributed by atoms with Gasteiger partial charge in [-0.15, -0.1) is 0 Å². The van der Waals surface area contributed by atoms with Gasteiger partial charge < -0.3 is 20.0 Å². The van der Waals surface area contributed by atoms with E-state index in [0.717, 1.165) is 11.1 Å². The zero-order valence-electron chi connectivity index (χ0n) is 15.7. The monoisotopic (exact) mass is 379 g/mol. The van der Waals surface area contributed by atoms with Gasteiger partial charge in [0, 0.05) is 32.4 Å². The van der Waals surface area contributed by atoms with Crippen molar-refractivity contribution in [3.63, 3.8) is 0 Å². The van der Waals surface area contributed by atoms with Crippen molar-refractivity contribution >= 4 is 5.91 Å². The highest BCUT2D eigenvalue weighted by Gasteiger charge is 2.19. The van der Waals surface area contributed by atoms with E-state index in [2.05, 4.69) is 0 Å². The number of hydrogen-bond donors (Lipinski definition) is 2. The average Bonchev–Trinajstić information content (AvgIpc) is 2.72. The fourth-order valence-corrected chi connectivity index (χ4v) is 2.82. The molecular formula is C22H25N3O3. The number of nitriles is 1. The van der Waals surface area contributed by atoms with Crippen LogP contribution in [0.5, 0.6) is 0 Å². The van der Waals surface area contributed by atoms with Crippen LogP contribution < -0.4 is 0 Å². The third-order valence-electron chi connectivity index (χ3n) is 4.15. The normalized spacial score (nSPS) is 11.0. The van der Waals surface area contributed by atoms with Crippen LogP contribution in [0.2, 0.25) is 0 Å². The standard InChI is InChI=1S/C22H25N3O3/c23-15-21(22(28)25(11-13-26)12-14-27)18-24(16-19-7-3-1-4-8-19)17-20-9-5-2-6-10-20/h1-10,18,26-27H,11-14,16-17H2/b21-18-. The molecule has 0 radical (unpaired) electrons. The third-order valence-corrected chi connectivity index (χ3v) is 4.15. The lowest BCUT2D eigenvalue weighted by Gasteiger charge is -2.24. The van der Waals surface area contributed by atoms with Crippen LogP contribution in [0.4, 0.5) is 0 Å². The Balaban J connectivity index is 2.28. The number of carbonyl (C=O) groups excluding carboxylic acids is 1. The predicted octanol–water partition coefficient (Wildman–Crippen LogP) is 1.91. The molecule has 2 aromatic rings. The van der Waals surface area contributed by atoms with Crippen molar-refractivity contribution in [3.05, 3.63) is 83.6 Å². The Morgan fingerprint density at radius 3 is 1.75 bits per heavy atom. The maximum absolute atomic E-state index is 12.7. The summed E-state index contributed by atoms with van der Waals surface area (Å²) in [7, 11) is 0. The maximum atomic E-state index is 12.7. The number of aliphatic hydroxyl groups is 2. The minimum absolute atomic E-state index is 0.0336. The Bertz CT molecular complexity index is 753. The van der Waals surface area contributed by atoms with E-state index >= 15 is 0 Å². The molecule has 1 amide bonds. The van der Waals surface area contributed by atoms with E-state index in [1.54, 1.807) is 6.20 Å². The van der Waals surface area contributed by atoms with Gasteiger partial charge in [0.1, 0.15) is 11.6 Å². The van der Waals surface area contributed by atoms with E-state index in [1.807, 2.05) is 71.6 Å². The zero-order chi connectivity index (χ0) is 20.2. The molecule has 0 spiro atoms. The van der Waals surface area contributed by atoms with Gasteiger partial charge in [0.2, 0.25) is 0 Å². The number of nitrogens with zero attached hydrogens (tertiary/aromatic N) is 3. The van der Waals surface area contributed by atoms with Crippen molar-refractivity contribution in [1.82, 2.24) is 9.80 Å². The first-order chi connectivity index (χ1) is 13.7. The molecule has 0 aliphatic heterocycles. The Kier molecular flexibility index (Phi) is 8.73. The van der Waals surface area contributed by atoms with Gasteiger partial charge in [-0.25, -0.2) is 0 Å². The van der Waals surface area contributed by atoms with Crippen LogP contribution in [0.3, 0.4) is 0 Å². The first-order valence-electron chi connectivity index (χ1n) is 9.12. The van der Waals surface area contributed by atoms with E-state index in [-0.39, 0.29) is 31.9 Å². The Morgan fingerprint density at radius 1 is 0.893 bits per heavy atom. The molecule has 0 fully saturated rings. The van der Waals surface area contributed by atoms with Gasteiger partial charge in [-0.05, 0) is 11.1 Å². The SMILES string of the molecule is N#C/C(=C/N(Cc1ccccc1)Cc1ccccc1)C(=O)N(CCO)CCO. The molecule has 0 bridgehead atoms. The highest BCUT2D eigenvalue weighted by atomic mass is 16.3. The van der Waals surface area contributed by atoms with Gasteiger partial charge in [-0.2, -0.15) is 5.26 Å². The van der Waals surface area contributed by atoms with Crippen LogP contribution in [0.1, 0.15) is 11.1 Å². The molecule has 0 heterocycles. The molecular weight excluding hydrogens is 354 g/mol. The number of carbonyl (C=O) groups is 1. The minimum atomic E-state index is -0.503. The molecule has 6 nitrogen and oxygen atoms in total. The highest BCUT2D eigenvalue weighted by Crippen LogP contribution is 2.13. The Hall–Kier alpha value is -3.14. The van der Waals surface area contributed by atoms with Crippen molar-refractivity contribution in [2.75, 3.05) is 26.3 Å². The van der Waals surface area contributed by atoms with Crippen molar-refractivity contribution in [3.8, 4) is 6.07 Å². The average molecular weight is 379 g/mol. The summed E-state index contributed by atoms with van der Waals surface area (Å²) in [5.41, 5.74) is 2.08. The van der Waals surface area contributed by atoms with E-state index in [9.17, 15) is 10.1 Å². The molecule has 0 saturated heterocycles. The van der Waals surface area contributed by atoms with Crippen LogP contribution in [0.15, 0.2) is 72.4 Å². The van der Waals surface area contributed by atoms with Gasteiger partial charge in [0.25, 0.3) is 5.91 Å². The molecule has 28 heavy (non-hydrogen) atoms. The van der Waals surface area contributed by atoms with Crippen molar-refractivity contribution in [2.24, 2.45) is 0 Å². The molecule has 0 aliphatic carbocycles. The quantitative estimate of drug-likeness (QED) is 0.486. The molecule has 2 aromatic carbocycles. The summed E-state index contributed by atoms with van der Waals surface area (Å²) >= 11 is 0. The topological polar surface area (TPSA) is 87.8 Å². The number of benzene rings is 2. The minimum Gasteiger partial charge on any atom is -0.395 e. The maximum Gasteiger partial charge on any atom is 0.266 e. The van der Waals surface area contributed by atoms with Crippen LogP contribution in [-0.4, -0.2) is 52.2 Å². The van der Waals surface area contributed by atoms with Crippen LogP contribution in [0, 0.1) is 11.3 Å². The molecule has 6 heteroatoms. The van der Waals surface area contributed by atoms with Crippen LogP contribution in [0.25, 0.3) is 0 Å². The lowest BCUT2D eigenvalue weighted by atomic mass is 10.1. The van der Waals surface area contributed by atoms with Crippen molar-refractivity contribution < 1.29 is 15.0 Å². The summed E-state index contributed by atoms with van der Waals surface area (Å²) in [6, 6.07) is 21.6. The number of amides is 1. The van der Waals surface area contributed by atoms with Crippen LogP contribution in [-0.2, 0) is 17.9 Å². The van der Waals surface area contributed by atoms with Gasteiger partial charge in [-0.1, -0.05) is 60.7 Å². The fourth-order valence-electron chi connectivity index (χ4n) is 2.82. The Labute approximate surface area is 165 Å². The summed E-state index contributed by atoms with van der Waals surface area (Å²) < 4.78 is 0. The van der Waals surface area contributed by atoms with Crippen molar-refractivity contribution in [1.29, 1.82) is 5.26 Å². The van der Waals surface area contributed by atoms with E-state index in [0.29, 0.717) is 13.1 Å². The summed E-state index contributed by atoms with van der Waals surface area (Å²) in [6.45, 7) is 0.734. The predicted molar refractivity (Wildman–Crippen MR) is 107 cm³/mol. The van der Waals surface area contributed by atoms with E-state index in [4.69, 9.17) is 10.2 Å². The molecule has 2 N–H and O–H groups in total. The van der Waals surface area contributed by atoms with Gasteiger partial charge in [0.05, 0.1) is 13.2 Å². The number of hydrogen-bond acceptors (Lipinski definition) is 5. The van der Waals surface area contributed by atoms with E-state index < -0.39 is 5.91 Å². The first-order valence-corrected chi connectivity index (χ1v) is 9.12. The van der Waals surface area contributed by atoms with Crippen molar-refractivity contribution in [2.45, 2.75) is 13.1 Å². The lowest BCUT2D eigenvalue weighted by molar-refractivity contribution is -0.127. The molecule has 0 saturated carbocycles. The second kappa shape index (κ2) is 11.5. The third kappa shape index (κ3) is 6.54. The lowest BCUT2D eigenvalue weighted by Crippen LogP contribution is -2.37. The first kappa shape index (κ1) is 21.2. The second-order valence-corrected chi connectivity index (χ2v) is 6.27. The smallest absolute Gasteiger partial charge is 0.266 e. The van der Waals surface area contributed by atoms with Gasteiger partial charge >= 0.3 is 0 Å². The van der Waals surface area contributed by atoms with Gasteiger partial charge in [0.15, 0.2) is 0 Å². The largest absolute Gasteiger partial charge is 0.395 e. The molecule has 0 atom stereocenters. The molecule has 0 aromatic heterocycles. The summed E-state index contributed by atoms with van der Waals surface area (Å²) in [5, 5.41) is 27.8. The molecule has 0 aliphatic rings. The number of aliphatic hydroxyl groups excluding tert-OH is 2. The summed E-state index contributed by atoms with van der Waals surface area (Å²) in [4.78, 5) is 15.9. The molecule has 2 rings (SSSR count). The number of rotatable bonds is 10.